The van der Waals surface area contributed by atoms with Crippen LogP contribution in [-0.4, -0.2) is 24.7 Å². The van der Waals surface area contributed by atoms with Crippen LogP contribution < -0.4 is 10.6 Å². The summed E-state index contributed by atoms with van der Waals surface area (Å²) < 4.78 is 23.4. The van der Waals surface area contributed by atoms with Gasteiger partial charge in [0.15, 0.2) is 0 Å². The topological polar surface area (TPSA) is 114 Å². The maximum absolute atomic E-state index is 12.7. The number of rotatable bonds is 10. The molecule has 8 nitrogen and oxygen atoms in total. The van der Waals surface area contributed by atoms with Crippen LogP contribution in [0.25, 0.3) is 0 Å². The zero-order chi connectivity index (χ0) is 20.6. The minimum atomic E-state index is -3.31. The van der Waals surface area contributed by atoms with Crippen molar-refractivity contribution in [2.75, 3.05) is 25.1 Å². The van der Waals surface area contributed by atoms with Gasteiger partial charge in [0.1, 0.15) is 5.69 Å². The van der Waals surface area contributed by atoms with Gasteiger partial charge in [0, 0.05) is 12.6 Å². The Morgan fingerprint density at radius 2 is 1.79 bits per heavy atom. The normalized spacial score (nSPS) is 11.0. The average molecular weight is 403 g/mol. The number of anilines is 1. The van der Waals surface area contributed by atoms with Crippen LogP contribution in [0.3, 0.4) is 0 Å². The molecule has 0 spiro atoms. The van der Waals surface area contributed by atoms with Gasteiger partial charge in [0.2, 0.25) is 0 Å². The first kappa shape index (κ1) is 21.6. The Balaban J connectivity index is 2.04. The second-order valence-electron chi connectivity index (χ2n) is 5.78. The van der Waals surface area contributed by atoms with Crippen LogP contribution in [0, 0.1) is 21.4 Å². The van der Waals surface area contributed by atoms with Crippen molar-refractivity contribution in [1.82, 2.24) is 0 Å². The van der Waals surface area contributed by atoms with Gasteiger partial charge in [-0.05, 0) is 50.1 Å². The molecular weight excluding hydrogens is 381 g/mol. The lowest BCUT2D eigenvalue weighted by atomic mass is 10.1. The van der Waals surface area contributed by atoms with Crippen LogP contribution in [0.4, 0.5) is 11.4 Å². The van der Waals surface area contributed by atoms with E-state index in [9.17, 15) is 14.7 Å². The zero-order valence-corrected chi connectivity index (χ0v) is 16.6. The monoisotopic (exact) mass is 403 g/mol. The van der Waals surface area contributed by atoms with Crippen LogP contribution in [0.1, 0.15) is 25.0 Å². The fourth-order valence-electron chi connectivity index (χ4n) is 2.61. The van der Waals surface area contributed by atoms with E-state index in [4.69, 9.17) is 14.3 Å². The van der Waals surface area contributed by atoms with Gasteiger partial charge in [0.25, 0.3) is 5.69 Å². The van der Waals surface area contributed by atoms with Gasteiger partial charge in [-0.3, -0.25) is 14.7 Å². The van der Waals surface area contributed by atoms with Crippen molar-refractivity contribution in [3.63, 3.8) is 0 Å². The summed E-state index contributed by atoms with van der Waals surface area (Å²) in [5, 5.41) is 23.6. The molecule has 2 rings (SSSR count). The fourth-order valence-corrected chi connectivity index (χ4v) is 4.18. The Labute approximate surface area is 163 Å². The summed E-state index contributed by atoms with van der Waals surface area (Å²) in [6.07, 6.45) is 0.602. The molecule has 0 radical (unpaired) electrons. The first-order valence-electron chi connectivity index (χ1n) is 8.84. The van der Waals surface area contributed by atoms with E-state index in [2.05, 4.69) is 5.32 Å². The molecule has 0 saturated carbocycles. The van der Waals surface area contributed by atoms with Gasteiger partial charge < -0.3 is 14.4 Å². The first-order valence-corrected chi connectivity index (χ1v) is 10.4. The van der Waals surface area contributed by atoms with E-state index in [0.717, 1.165) is 5.56 Å². The summed E-state index contributed by atoms with van der Waals surface area (Å²) in [4.78, 5) is 10.7. The Morgan fingerprint density at radius 1 is 1.14 bits per heavy atom. The lowest BCUT2D eigenvalue weighted by Gasteiger charge is -2.17. The highest BCUT2D eigenvalue weighted by Crippen LogP contribution is 2.46. The van der Waals surface area contributed by atoms with E-state index in [1.54, 1.807) is 26.0 Å². The molecule has 0 aliphatic rings. The molecule has 0 unspecified atom stereocenters. The van der Waals surface area contributed by atoms with Crippen LogP contribution in [0.15, 0.2) is 42.5 Å². The van der Waals surface area contributed by atoms with Gasteiger partial charge in [-0.2, -0.15) is 5.26 Å². The number of nitrogens with zero attached hydrogens (tertiary/aromatic N) is 2. The molecule has 28 heavy (non-hydrogen) atoms. The first-order chi connectivity index (χ1) is 13.4. The predicted octanol–water partition coefficient (Wildman–Crippen LogP) is 4.01. The van der Waals surface area contributed by atoms with Crippen molar-refractivity contribution in [2.24, 2.45) is 0 Å². The SMILES string of the molecule is CCOP(=O)(OCC)c1ccc(CCNc2ccc(C#N)cc2[N+](=O)[O-])cc1. The molecule has 0 aliphatic carbocycles. The second kappa shape index (κ2) is 10.00. The molecule has 148 valence electrons. The molecule has 0 bridgehead atoms. The molecule has 0 fully saturated rings. The van der Waals surface area contributed by atoms with Crippen LogP contribution in [0.2, 0.25) is 0 Å². The standard InChI is InChI=1S/C19H22N3O5P/c1-3-26-28(25,27-4-2)17-8-5-15(6-9-17)11-12-21-18-10-7-16(14-20)13-19(18)22(23)24/h5-10,13,21H,3-4,11-12H2,1-2H3. The van der Waals surface area contributed by atoms with E-state index >= 15 is 0 Å². The molecule has 0 saturated heterocycles. The van der Waals surface area contributed by atoms with E-state index < -0.39 is 12.5 Å². The van der Waals surface area contributed by atoms with Crippen LogP contribution >= 0.6 is 7.60 Å². The minimum absolute atomic E-state index is 0.135. The molecule has 2 aromatic carbocycles. The maximum Gasteiger partial charge on any atom is 0.361 e. The Morgan fingerprint density at radius 3 is 2.32 bits per heavy atom. The summed E-state index contributed by atoms with van der Waals surface area (Å²) in [6.45, 7) is 4.54. The number of hydrogen-bond acceptors (Lipinski definition) is 7. The quantitative estimate of drug-likeness (QED) is 0.362. The van der Waals surface area contributed by atoms with E-state index in [1.165, 1.54) is 18.2 Å². The molecule has 0 amide bonds. The van der Waals surface area contributed by atoms with E-state index in [-0.39, 0.29) is 24.5 Å². The van der Waals surface area contributed by atoms with Gasteiger partial charge >= 0.3 is 7.60 Å². The van der Waals surface area contributed by atoms with Crippen molar-refractivity contribution in [1.29, 1.82) is 5.26 Å². The van der Waals surface area contributed by atoms with Gasteiger partial charge in [0.05, 0.1) is 35.1 Å². The summed E-state index contributed by atoms with van der Waals surface area (Å²) in [6, 6.07) is 13.3. The lowest BCUT2D eigenvalue weighted by molar-refractivity contribution is -0.384. The van der Waals surface area contributed by atoms with Crippen molar-refractivity contribution in [3.05, 3.63) is 63.7 Å². The summed E-state index contributed by atoms with van der Waals surface area (Å²) >= 11 is 0. The number of nitro groups is 1. The van der Waals surface area contributed by atoms with Crippen LogP contribution in [-0.2, 0) is 20.0 Å². The Hall–Kier alpha value is -2.72. The molecule has 9 heteroatoms. The van der Waals surface area contributed by atoms with Crippen molar-refractivity contribution >= 4 is 24.3 Å². The molecule has 0 heterocycles. The minimum Gasteiger partial charge on any atom is -0.379 e. The van der Waals surface area contributed by atoms with Crippen molar-refractivity contribution in [3.8, 4) is 6.07 Å². The summed E-state index contributed by atoms with van der Waals surface area (Å²) in [5.74, 6) is 0. The zero-order valence-electron chi connectivity index (χ0n) is 15.8. The number of hydrogen-bond donors (Lipinski definition) is 1. The van der Waals surface area contributed by atoms with E-state index in [0.29, 0.717) is 24.0 Å². The number of nitro benzene ring substituents is 1. The molecule has 2 aromatic rings. The van der Waals surface area contributed by atoms with Crippen molar-refractivity contribution in [2.45, 2.75) is 20.3 Å². The highest BCUT2D eigenvalue weighted by molar-refractivity contribution is 7.62. The van der Waals surface area contributed by atoms with Gasteiger partial charge in [-0.25, -0.2) is 0 Å². The predicted molar refractivity (Wildman–Crippen MR) is 107 cm³/mol. The third-order valence-electron chi connectivity index (χ3n) is 3.90. The lowest BCUT2D eigenvalue weighted by Crippen LogP contribution is -2.11. The number of nitriles is 1. The molecular formula is C19H22N3O5P. The van der Waals surface area contributed by atoms with Crippen molar-refractivity contribution < 1.29 is 18.5 Å². The van der Waals surface area contributed by atoms with E-state index in [1.807, 2.05) is 18.2 Å². The number of nitrogens with one attached hydrogen (secondary N) is 1. The smallest absolute Gasteiger partial charge is 0.361 e. The molecule has 0 aliphatic heterocycles. The van der Waals surface area contributed by atoms with Crippen LogP contribution in [0.5, 0.6) is 0 Å². The number of benzene rings is 2. The molecule has 0 aromatic heterocycles. The summed E-state index contributed by atoms with van der Waals surface area (Å²) in [5.41, 5.74) is 1.43. The fraction of sp³-hybridized carbons (Fsp3) is 0.316. The third-order valence-corrected chi connectivity index (χ3v) is 6.03. The van der Waals surface area contributed by atoms with Gasteiger partial charge in [-0.1, -0.05) is 12.1 Å². The van der Waals surface area contributed by atoms with Gasteiger partial charge in [-0.15, -0.1) is 0 Å². The molecule has 0 atom stereocenters. The maximum atomic E-state index is 12.7. The third kappa shape index (κ3) is 5.40. The second-order valence-corrected chi connectivity index (χ2v) is 7.80. The Bertz CT molecular complexity index is 899. The summed E-state index contributed by atoms with van der Waals surface area (Å²) in [7, 11) is -3.31. The molecule has 1 N–H and O–H groups in total. The highest BCUT2D eigenvalue weighted by atomic mass is 31.2. The largest absolute Gasteiger partial charge is 0.379 e. The highest BCUT2D eigenvalue weighted by Gasteiger charge is 2.26. The average Bonchev–Trinajstić information content (AvgIpc) is 2.69. The Kier molecular flexibility index (Phi) is 7.70.